The highest BCUT2D eigenvalue weighted by atomic mass is 32.2. The first-order valence-electron chi connectivity index (χ1n) is 9.13. The van der Waals surface area contributed by atoms with Crippen LogP contribution in [-0.4, -0.2) is 44.7 Å². The Morgan fingerprint density at radius 3 is 2.55 bits per heavy atom. The average molecular weight is 438 g/mol. The molecule has 0 bridgehead atoms. The van der Waals surface area contributed by atoms with E-state index in [1.165, 1.54) is 12.6 Å². The van der Waals surface area contributed by atoms with Gasteiger partial charge in [-0.05, 0) is 43.9 Å². The van der Waals surface area contributed by atoms with Gasteiger partial charge in [0.15, 0.2) is 5.13 Å². The molecule has 0 unspecified atom stereocenters. The molecule has 2 heterocycles. The Kier molecular flexibility index (Phi) is 6.38. The second-order valence-corrected chi connectivity index (χ2v) is 9.66. The molecule has 0 aliphatic carbocycles. The fourth-order valence-corrected chi connectivity index (χ4v) is 4.27. The van der Waals surface area contributed by atoms with E-state index in [0.29, 0.717) is 5.69 Å². The molecule has 0 spiro atoms. The largest absolute Gasteiger partial charge is 0.370 e. The summed E-state index contributed by atoms with van der Waals surface area (Å²) in [4.78, 5) is 30.6. The Bertz CT molecular complexity index is 1010. The van der Waals surface area contributed by atoms with E-state index in [0.717, 1.165) is 54.8 Å². The van der Waals surface area contributed by atoms with Crippen LogP contribution in [0, 0.1) is 6.92 Å². The number of hydrogen-bond acceptors (Lipinski definition) is 7. The average Bonchev–Trinajstić information content (AvgIpc) is 3.11. The molecule has 3 N–H and O–H groups in total. The summed E-state index contributed by atoms with van der Waals surface area (Å²) >= 11 is 0.885. The van der Waals surface area contributed by atoms with E-state index >= 15 is 0 Å². The van der Waals surface area contributed by atoms with Crippen LogP contribution in [0.3, 0.4) is 0 Å². The Balaban J connectivity index is 1.68. The number of aromatic nitrogens is 1. The summed E-state index contributed by atoms with van der Waals surface area (Å²) < 4.78 is 24.2. The molecule has 1 aromatic carbocycles. The lowest BCUT2D eigenvalue weighted by atomic mass is 10.1. The maximum absolute atomic E-state index is 12.4. The molecule has 1 aromatic heterocycles. The van der Waals surface area contributed by atoms with Crippen molar-refractivity contribution in [3.05, 3.63) is 34.8 Å². The molecule has 9 nitrogen and oxygen atoms in total. The highest BCUT2D eigenvalue weighted by molar-refractivity contribution is 7.89. The molecule has 3 amide bonds. The first kappa shape index (κ1) is 21.1. The molecule has 1 aliphatic heterocycles. The predicted octanol–water partition coefficient (Wildman–Crippen LogP) is 2.78. The van der Waals surface area contributed by atoms with Crippen molar-refractivity contribution >= 4 is 49.8 Å². The highest BCUT2D eigenvalue weighted by Crippen LogP contribution is 2.30. The van der Waals surface area contributed by atoms with Crippen molar-refractivity contribution in [2.45, 2.75) is 26.2 Å². The first-order valence-corrected chi connectivity index (χ1v) is 11.8. The highest BCUT2D eigenvalue weighted by Gasteiger charge is 2.18. The van der Waals surface area contributed by atoms with Gasteiger partial charge < -0.3 is 10.2 Å². The third kappa shape index (κ3) is 5.91. The van der Waals surface area contributed by atoms with Crippen molar-refractivity contribution in [2.24, 2.45) is 0 Å². The van der Waals surface area contributed by atoms with Crippen LogP contribution in [-0.2, 0) is 10.0 Å². The monoisotopic (exact) mass is 437 g/mol. The lowest BCUT2D eigenvalue weighted by Crippen LogP contribution is -2.31. The van der Waals surface area contributed by atoms with Crippen molar-refractivity contribution in [2.75, 3.05) is 34.9 Å². The molecular weight excluding hydrogens is 414 g/mol. The quantitative estimate of drug-likeness (QED) is 0.661. The number of rotatable bonds is 5. The van der Waals surface area contributed by atoms with Crippen molar-refractivity contribution in [3.8, 4) is 0 Å². The Hall–Kier alpha value is -2.66. The number of anilines is 3. The smallest absolute Gasteiger partial charge is 0.325 e. The molecule has 0 saturated carbocycles. The van der Waals surface area contributed by atoms with Gasteiger partial charge in [-0.1, -0.05) is 17.4 Å². The zero-order valence-corrected chi connectivity index (χ0v) is 17.8. The summed E-state index contributed by atoms with van der Waals surface area (Å²) in [6.07, 6.45) is 5.56. The molecule has 3 rings (SSSR count). The number of sulfonamides is 1. The van der Waals surface area contributed by atoms with Crippen molar-refractivity contribution < 1.29 is 18.0 Å². The molecule has 1 saturated heterocycles. The number of nitrogens with one attached hydrogen (secondary N) is 3. The minimum Gasteiger partial charge on any atom is -0.370 e. The van der Waals surface area contributed by atoms with Gasteiger partial charge >= 0.3 is 6.03 Å². The summed E-state index contributed by atoms with van der Waals surface area (Å²) in [5.41, 5.74) is 2.78. The van der Waals surface area contributed by atoms with E-state index in [2.05, 4.69) is 26.6 Å². The third-order valence-corrected chi connectivity index (χ3v) is 5.79. The number of amides is 3. The third-order valence-electron chi connectivity index (χ3n) is 4.33. The number of carbonyl (C=O) groups excluding carboxylic acids is 2. The van der Waals surface area contributed by atoms with E-state index in [1.54, 1.807) is 0 Å². The number of hydrogen-bond donors (Lipinski definition) is 3. The number of thiazole rings is 1. The van der Waals surface area contributed by atoms with E-state index in [9.17, 15) is 18.0 Å². The Labute approximate surface area is 173 Å². The van der Waals surface area contributed by atoms with Gasteiger partial charge in [0.2, 0.25) is 10.0 Å². The van der Waals surface area contributed by atoms with E-state index in [4.69, 9.17) is 0 Å². The Morgan fingerprint density at radius 1 is 1.14 bits per heavy atom. The number of piperidine rings is 1. The van der Waals surface area contributed by atoms with Gasteiger partial charge in [0, 0.05) is 13.1 Å². The van der Waals surface area contributed by atoms with Crippen molar-refractivity contribution in [1.82, 2.24) is 9.71 Å². The van der Waals surface area contributed by atoms with Gasteiger partial charge in [-0.25, -0.2) is 22.9 Å². The number of benzene rings is 1. The van der Waals surface area contributed by atoms with Crippen LogP contribution in [0.4, 0.5) is 21.3 Å². The van der Waals surface area contributed by atoms with Gasteiger partial charge in [0.05, 0.1) is 23.8 Å². The number of aryl methyl sites for hydroxylation is 1. The predicted molar refractivity (Wildman–Crippen MR) is 114 cm³/mol. The molecular formula is C18H23N5O4S2. The van der Waals surface area contributed by atoms with E-state index in [-0.39, 0.29) is 10.0 Å². The van der Waals surface area contributed by atoms with Crippen molar-refractivity contribution in [3.63, 3.8) is 0 Å². The number of urea groups is 1. The van der Waals surface area contributed by atoms with Crippen LogP contribution in [0.2, 0.25) is 0 Å². The van der Waals surface area contributed by atoms with Crippen molar-refractivity contribution in [1.29, 1.82) is 0 Å². The summed E-state index contributed by atoms with van der Waals surface area (Å²) in [7, 11) is -3.67. The maximum Gasteiger partial charge on any atom is 0.325 e. The fraction of sp³-hybridized carbons (Fsp3) is 0.389. The first-order chi connectivity index (χ1) is 13.7. The minimum absolute atomic E-state index is 0.0788. The SMILES string of the molecule is Cc1ccc(NC(=O)Nc2ncc(C(=O)NS(C)(=O)=O)s2)c(N2CCCCC2)c1. The topological polar surface area (TPSA) is 120 Å². The Morgan fingerprint density at radius 2 is 1.86 bits per heavy atom. The molecule has 29 heavy (non-hydrogen) atoms. The summed E-state index contributed by atoms with van der Waals surface area (Å²) in [6.45, 7) is 3.91. The van der Waals surface area contributed by atoms with Gasteiger partial charge in [-0.15, -0.1) is 0 Å². The van der Waals surface area contributed by atoms with Crippen LogP contribution in [0.1, 0.15) is 34.5 Å². The van der Waals surface area contributed by atoms with Gasteiger partial charge in [0.25, 0.3) is 5.91 Å². The normalized spacial score (nSPS) is 14.3. The second kappa shape index (κ2) is 8.78. The van der Waals surface area contributed by atoms with Crippen LogP contribution in [0.15, 0.2) is 24.4 Å². The lowest BCUT2D eigenvalue weighted by Gasteiger charge is -2.30. The molecule has 0 radical (unpaired) electrons. The van der Waals surface area contributed by atoms with Gasteiger partial charge in [0.1, 0.15) is 4.88 Å². The lowest BCUT2D eigenvalue weighted by molar-refractivity contribution is 0.0985. The zero-order valence-electron chi connectivity index (χ0n) is 16.2. The van der Waals surface area contributed by atoms with Crippen LogP contribution < -0.4 is 20.3 Å². The van der Waals surface area contributed by atoms with Crippen LogP contribution in [0.25, 0.3) is 0 Å². The number of nitrogens with zero attached hydrogens (tertiary/aromatic N) is 2. The minimum atomic E-state index is -3.67. The molecule has 0 atom stereocenters. The second-order valence-electron chi connectivity index (χ2n) is 6.88. The summed E-state index contributed by atoms with van der Waals surface area (Å²) in [5.74, 6) is -0.788. The summed E-state index contributed by atoms with van der Waals surface area (Å²) in [6, 6.07) is 5.36. The van der Waals surface area contributed by atoms with E-state index in [1.807, 2.05) is 23.8 Å². The molecule has 1 fully saturated rings. The maximum atomic E-state index is 12.4. The van der Waals surface area contributed by atoms with Gasteiger partial charge in [-0.3, -0.25) is 10.1 Å². The van der Waals surface area contributed by atoms with E-state index < -0.39 is 22.0 Å². The van der Waals surface area contributed by atoms with Crippen LogP contribution >= 0.6 is 11.3 Å². The number of carbonyl (C=O) groups is 2. The molecule has 156 valence electrons. The molecule has 2 aromatic rings. The molecule has 1 aliphatic rings. The summed E-state index contributed by atoms with van der Waals surface area (Å²) in [5, 5.41) is 5.61. The standard InChI is InChI=1S/C18H23N5O4S2/c1-12-6-7-13(14(10-12)23-8-4-3-5-9-23)20-17(25)21-18-19-11-15(28-18)16(24)22-29(2,26)27/h6-7,10-11H,3-5,8-9H2,1-2H3,(H,22,24)(H2,19,20,21,25). The van der Waals surface area contributed by atoms with Gasteiger partial charge in [-0.2, -0.15) is 0 Å². The zero-order chi connectivity index (χ0) is 21.0. The van der Waals surface area contributed by atoms with Crippen LogP contribution in [0.5, 0.6) is 0 Å². The fourth-order valence-electron chi connectivity index (χ4n) is 3.05. The molecule has 11 heteroatoms.